The summed E-state index contributed by atoms with van der Waals surface area (Å²) < 4.78 is 5.75. The fraction of sp³-hybridized carbons (Fsp3) is 0.929. The van der Waals surface area contributed by atoms with Crippen LogP contribution in [-0.2, 0) is 4.74 Å². The van der Waals surface area contributed by atoms with Gasteiger partial charge in [0.25, 0.3) is 0 Å². The van der Waals surface area contributed by atoms with Crippen molar-refractivity contribution in [3.05, 3.63) is 0 Å². The van der Waals surface area contributed by atoms with E-state index in [0.29, 0.717) is 6.10 Å². The molecule has 18 heavy (non-hydrogen) atoms. The van der Waals surface area contributed by atoms with Crippen molar-refractivity contribution in [2.75, 3.05) is 26.2 Å². The van der Waals surface area contributed by atoms with Crippen LogP contribution in [0.15, 0.2) is 0 Å². The van der Waals surface area contributed by atoms with Crippen molar-refractivity contribution in [3.8, 4) is 6.07 Å². The molecule has 1 aliphatic heterocycles. The Morgan fingerprint density at radius 3 is 2.89 bits per heavy atom. The van der Waals surface area contributed by atoms with Crippen molar-refractivity contribution in [2.45, 2.75) is 57.6 Å². The number of hydrogen-bond donors (Lipinski definition) is 1. The van der Waals surface area contributed by atoms with Crippen molar-refractivity contribution in [2.24, 2.45) is 5.73 Å². The van der Waals surface area contributed by atoms with Crippen LogP contribution in [0.2, 0.25) is 0 Å². The lowest BCUT2D eigenvalue weighted by molar-refractivity contribution is 0.0516. The molecule has 1 fully saturated rings. The van der Waals surface area contributed by atoms with Crippen LogP contribution in [0.4, 0.5) is 0 Å². The van der Waals surface area contributed by atoms with Gasteiger partial charge in [-0.15, -0.1) is 0 Å². The fourth-order valence-corrected chi connectivity index (χ4v) is 2.35. The summed E-state index contributed by atoms with van der Waals surface area (Å²) in [4.78, 5) is 2.45. The normalized spacial score (nSPS) is 25.1. The summed E-state index contributed by atoms with van der Waals surface area (Å²) in [7, 11) is 0. The molecule has 1 saturated heterocycles. The third-order valence-corrected chi connectivity index (χ3v) is 3.84. The smallest absolute Gasteiger partial charge is 0.104 e. The molecule has 1 aliphatic rings. The number of rotatable bonds is 6. The minimum atomic E-state index is -0.632. The zero-order valence-electron chi connectivity index (χ0n) is 11.8. The summed E-state index contributed by atoms with van der Waals surface area (Å²) in [6.07, 6.45) is 5.06. The van der Waals surface area contributed by atoms with Gasteiger partial charge in [0.1, 0.15) is 5.54 Å². The van der Waals surface area contributed by atoms with E-state index in [9.17, 15) is 0 Å². The number of nitriles is 1. The standard InChI is InChI=1S/C14H27N3O/c1-3-13-11-17(9-6-10-18-13)8-5-7-14(16,4-2)12-15/h13H,3-11,16H2,1-2H3. The van der Waals surface area contributed by atoms with Crippen LogP contribution in [0.3, 0.4) is 0 Å². The lowest BCUT2D eigenvalue weighted by Gasteiger charge is -2.25. The first kappa shape index (κ1) is 15.4. The highest BCUT2D eigenvalue weighted by Crippen LogP contribution is 2.15. The highest BCUT2D eigenvalue weighted by atomic mass is 16.5. The molecular formula is C14H27N3O. The summed E-state index contributed by atoms with van der Waals surface area (Å²) in [5.41, 5.74) is 5.36. The Balaban J connectivity index is 2.31. The molecule has 0 radical (unpaired) electrons. The van der Waals surface area contributed by atoms with Gasteiger partial charge >= 0.3 is 0 Å². The average Bonchev–Trinajstić information content (AvgIpc) is 2.63. The summed E-state index contributed by atoms with van der Waals surface area (Å²) in [5, 5.41) is 9.04. The van der Waals surface area contributed by atoms with Gasteiger partial charge in [-0.2, -0.15) is 5.26 Å². The van der Waals surface area contributed by atoms with Crippen LogP contribution in [0.1, 0.15) is 46.0 Å². The average molecular weight is 253 g/mol. The van der Waals surface area contributed by atoms with Crippen LogP contribution in [0.5, 0.6) is 0 Å². The van der Waals surface area contributed by atoms with E-state index in [1.807, 2.05) is 6.92 Å². The number of nitrogens with two attached hydrogens (primary N) is 1. The van der Waals surface area contributed by atoms with Crippen LogP contribution < -0.4 is 5.73 Å². The molecular weight excluding hydrogens is 226 g/mol. The van der Waals surface area contributed by atoms with Crippen LogP contribution >= 0.6 is 0 Å². The molecule has 0 aliphatic carbocycles. The Morgan fingerprint density at radius 1 is 1.50 bits per heavy atom. The Labute approximate surface area is 111 Å². The second-order valence-corrected chi connectivity index (χ2v) is 5.28. The SMILES string of the molecule is CCC1CN(CCCC(N)(C#N)CC)CCCO1. The van der Waals surface area contributed by atoms with E-state index in [0.717, 1.165) is 58.3 Å². The maximum Gasteiger partial charge on any atom is 0.104 e. The highest BCUT2D eigenvalue weighted by molar-refractivity contribution is 5.03. The zero-order valence-corrected chi connectivity index (χ0v) is 11.8. The number of nitrogens with zero attached hydrogens (tertiary/aromatic N) is 2. The van der Waals surface area contributed by atoms with Gasteiger partial charge in [0.05, 0.1) is 12.2 Å². The van der Waals surface area contributed by atoms with Crippen molar-refractivity contribution in [3.63, 3.8) is 0 Å². The molecule has 2 N–H and O–H groups in total. The molecule has 1 rings (SSSR count). The monoisotopic (exact) mass is 253 g/mol. The van der Waals surface area contributed by atoms with Crippen LogP contribution in [0, 0.1) is 11.3 Å². The van der Waals surface area contributed by atoms with Crippen molar-refractivity contribution in [1.82, 2.24) is 4.90 Å². The predicted octanol–water partition coefficient (Wildman–Crippen LogP) is 1.90. The zero-order chi connectivity index (χ0) is 13.4. The molecule has 1 heterocycles. The molecule has 4 nitrogen and oxygen atoms in total. The Morgan fingerprint density at radius 2 is 2.28 bits per heavy atom. The van der Waals surface area contributed by atoms with Gasteiger partial charge in [-0.1, -0.05) is 13.8 Å². The molecule has 2 atom stereocenters. The third kappa shape index (κ3) is 4.93. The molecule has 0 spiro atoms. The maximum atomic E-state index is 9.04. The second kappa shape index (κ2) is 7.73. The molecule has 0 aromatic rings. The van der Waals surface area contributed by atoms with Gasteiger partial charge in [-0.3, -0.25) is 0 Å². The minimum Gasteiger partial charge on any atom is -0.377 e. The maximum absolute atomic E-state index is 9.04. The molecule has 0 aromatic carbocycles. The van der Waals surface area contributed by atoms with E-state index in [4.69, 9.17) is 15.7 Å². The number of hydrogen-bond acceptors (Lipinski definition) is 4. The van der Waals surface area contributed by atoms with E-state index in [-0.39, 0.29) is 0 Å². The lowest BCUT2D eigenvalue weighted by Crippen LogP contribution is -2.39. The topological polar surface area (TPSA) is 62.3 Å². The molecule has 104 valence electrons. The van der Waals surface area contributed by atoms with Gasteiger partial charge in [0, 0.05) is 19.7 Å². The summed E-state index contributed by atoms with van der Waals surface area (Å²) >= 11 is 0. The van der Waals surface area contributed by atoms with Gasteiger partial charge in [-0.05, 0) is 38.6 Å². The lowest BCUT2D eigenvalue weighted by atomic mass is 9.93. The van der Waals surface area contributed by atoms with E-state index >= 15 is 0 Å². The van der Waals surface area contributed by atoms with E-state index in [2.05, 4.69) is 17.9 Å². The predicted molar refractivity (Wildman–Crippen MR) is 73.1 cm³/mol. The van der Waals surface area contributed by atoms with Crippen molar-refractivity contribution < 1.29 is 4.74 Å². The molecule has 2 unspecified atom stereocenters. The largest absolute Gasteiger partial charge is 0.377 e. The first-order valence-corrected chi connectivity index (χ1v) is 7.17. The quantitative estimate of drug-likeness (QED) is 0.785. The van der Waals surface area contributed by atoms with Gasteiger partial charge in [-0.25, -0.2) is 0 Å². The van der Waals surface area contributed by atoms with Crippen molar-refractivity contribution >= 4 is 0 Å². The Bertz CT molecular complexity index is 277. The van der Waals surface area contributed by atoms with E-state index < -0.39 is 5.54 Å². The molecule has 0 aromatic heterocycles. The molecule has 0 bridgehead atoms. The van der Waals surface area contributed by atoms with Gasteiger partial charge in [0.15, 0.2) is 0 Å². The molecule has 0 amide bonds. The van der Waals surface area contributed by atoms with Gasteiger partial charge < -0.3 is 15.4 Å². The van der Waals surface area contributed by atoms with E-state index in [1.165, 1.54) is 0 Å². The first-order valence-electron chi connectivity index (χ1n) is 7.17. The Hall–Kier alpha value is -0.630. The first-order chi connectivity index (χ1) is 8.63. The second-order valence-electron chi connectivity index (χ2n) is 5.28. The summed E-state index contributed by atoms with van der Waals surface area (Å²) in [5.74, 6) is 0. The van der Waals surface area contributed by atoms with Crippen LogP contribution in [-0.4, -0.2) is 42.8 Å². The highest BCUT2D eigenvalue weighted by Gasteiger charge is 2.22. The summed E-state index contributed by atoms with van der Waals surface area (Å²) in [6, 6.07) is 2.23. The Kier molecular flexibility index (Phi) is 6.62. The van der Waals surface area contributed by atoms with Crippen LogP contribution in [0.25, 0.3) is 0 Å². The minimum absolute atomic E-state index is 0.372. The molecule has 0 saturated carbocycles. The van der Waals surface area contributed by atoms with Crippen molar-refractivity contribution in [1.29, 1.82) is 5.26 Å². The number of ether oxygens (including phenoxy) is 1. The van der Waals surface area contributed by atoms with Gasteiger partial charge in [0.2, 0.25) is 0 Å². The fourth-order valence-electron chi connectivity index (χ4n) is 2.35. The summed E-state index contributed by atoms with van der Waals surface area (Å²) in [6.45, 7) is 8.19. The van der Waals surface area contributed by atoms with E-state index in [1.54, 1.807) is 0 Å². The molecule has 4 heteroatoms. The third-order valence-electron chi connectivity index (χ3n) is 3.84.